The van der Waals surface area contributed by atoms with Crippen LogP contribution in [0, 0.1) is 12.7 Å². The lowest BCUT2D eigenvalue weighted by atomic mass is 10.0. The van der Waals surface area contributed by atoms with Crippen LogP contribution >= 0.6 is 11.3 Å². The van der Waals surface area contributed by atoms with Gasteiger partial charge in [0.25, 0.3) is 0 Å². The standard InChI is InChI=1S/C16H15FN2S/c1-10-8-11(6-7-12(10)17)9-13(18)16-19-14-4-2-3-5-15(14)20-16/h2-8,13H,9,18H2,1H3. The molecule has 0 aliphatic rings. The zero-order valence-corrected chi connectivity index (χ0v) is 12.0. The van der Waals surface area contributed by atoms with Crippen molar-refractivity contribution in [3.05, 3.63) is 64.4 Å². The number of thiazole rings is 1. The Morgan fingerprint density at radius 1 is 1.25 bits per heavy atom. The summed E-state index contributed by atoms with van der Waals surface area (Å²) in [4.78, 5) is 4.57. The molecular weight excluding hydrogens is 271 g/mol. The number of benzene rings is 2. The molecule has 0 fully saturated rings. The fraction of sp³-hybridized carbons (Fsp3) is 0.188. The van der Waals surface area contributed by atoms with Crippen LogP contribution in [-0.2, 0) is 6.42 Å². The number of para-hydroxylation sites is 1. The van der Waals surface area contributed by atoms with Crippen molar-refractivity contribution in [3.63, 3.8) is 0 Å². The van der Waals surface area contributed by atoms with Gasteiger partial charge in [-0.25, -0.2) is 9.37 Å². The van der Waals surface area contributed by atoms with E-state index in [2.05, 4.69) is 4.98 Å². The van der Waals surface area contributed by atoms with E-state index >= 15 is 0 Å². The maximum absolute atomic E-state index is 13.3. The molecule has 0 saturated heterocycles. The molecule has 0 aliphatic carbocycles. The Morgan fingerprint density at radius 3 is 2.80 bits per heavy atom. The number of fused-ring (bicyclic) bond motifs is 1. The van der Waals surface area contributed by atoms with Crippen molar-refractivity contribution < 1.29 is 4.39 Å². The van der Waals surface area contributed by atoms with Crippen LogP contribution in [0.4, 0.5) is 4.39 Å². The fourth-order valence-corrected chi connectivity index (χ4v) is 3.19. The predicted molar refractivity (Wildman–Crippen MR) is 81.4 cm³/mol. The Kier molecular flexibility index (Phi) is 3.51. The molecule has 0 spiro atoms. The van der Waals surface area contributed by atoms with Gasteiger partial charge in [0.05, 0.1) is 16.3 Å². The van der Waals surface area contributed by atoms with Crippen molar-refractivity contribution in [2.75, 3.05) is 0 Å². The van der Waals surface area contributed by atoms with Gasteiger partial charge < -0.3 is 5.73 Å². The van der Waals surface area contributed by atoms with Gasteiger partial charge in [-0.2, -0.15) is 0 Å². The highest BCUT2D eigenvalue weighted by atomic mass is 32.1. The van der Waals surface area contributed by atoms with Crippen LogP contribution in [0.3, 0.4) is 0 Å². The highest BCUT2D eigenvalue weighted by Gasteiger charge is 2.13. The third-order valence-corrected chi connectivity index (χ3v) is 4.47. The van der Waals surface area contributed by atoms with Crippen LogP contribution < -0.4 is 5.73 Å². The molecule has 1 unspecified atom stereocenters. The minimum atomic E-state index is -0.178. The third kappa shape index (κ3) is 2.57. The lowest BCUT2D eigenvalue weighted by molar-refractivity contribution is 0.616. The van der Waals surface area contributed by atoms with E-state index in [9.17, 15) is 4.39 Å². The van der Waals surface area contributed by atoms with Gasteiger partial charge in [-0.3, -0.25) is 0 Å². The third-order valence-electron chi connectivity index (χ3n) is 3.31. The van der Waals surface area contributed by atoms with Crippen molar-refractivity contribution in [2.24, 2.45) is 5.73 Å². The van der Waals surface area contributed by atoms with Crippen LogP contribution in [0.2, 0.25) is 0 Å². The molecule has 2 nitrogen and oxygen atoms in total. The van der Waals surface area contributed by atoms with E-state index in [4.69, 9.17) is 5.73 Å². The highest BCUT2D eigenvalue weighted by molar-refractivity contribution is 7.18. The maximum Gasteiger partial charge on any atom is 0.126 e. The molecule has 2 N–H and O–H groups in total. The van der Waals surface area contributed by atoms with Gasteiger partial charge in [0.1, 0.15) is 10.8 Å². The number of halogens is 1. The van der Waals surface area contributed by atoms with Gasteiger partial charge in [-0.05, 0) is 42.7 Å². The molecule has 0 saturated carbocycles. The average Bonchev–Trinajstić information content (AvgIpc) is 2.87. The Hall–Kier alpha value is -1.78. The molecule has 1 heterocycles. The Labute approximate surface area is 121 Å². The normalized spacial score (nSPS) is 12.8. The van der Waals surface area contributed by atoms with E-state index in [1.165, 1.54) is 6.07 Å². The van der Waals surface area contributed by atoms with E-state index in [1.54, 1.807) is 24.3 Å². The second-order valence-electron chi connectivity index (χ2n) is 4.91. The van der Waals surface area contributed by atoms with Gasteiger partial charge in [0.15, 0.2) is 0 Å². The van der Waals surface area contributed by atoms with Gasteiger partial charge >= 0.3 is 0 Å². The second-order valence-corrected chi connectivity index (χ2v) is 5.98. The molecule has 3 aromatic rings. The van der Waals surface area contributed by atoms with Crippen LogP contribution in [0.25, 0.3) is 10.2 Å². The van der Waals surface area contributed by atoms with Gasteiger partial charge in [-0.1, -0.05) is 24.3 Å². The van der Waals surface area contributed by atoms with Crippen LogP contribution in [0.5, 0.6) is 0 Å². The smallest absolute Gasteiger partial charge is 0.126 e. The molecule has 0 aliphatic heterocycles. The molecule has 0 radical (unpaired) electrons. The molecule has 0 amide bonds. The summed E-state index contributed by atoms with van der Waals surface area (Å²) < 4.78 is 14.4. The van der Waals surface area contributed by atoms with Crippen molar-refractivity contribution in [1.29, 1.82) is 0 Å². The Bertz CT molecular complexity index is 718. The number of aryl methyl sites for hydroxylation is 1. The molecule has 2 aromatic carbocycles. The predicted octanol–water partition coefficient (Wildman–Crippen LogP) is 3.99. The van der Waals surface area contributed by atoms with E-state index in [0.29, 0.717) is 12.0 Å². The summed E-state index contributed by atoms with van der Waals surface area (Å²) in [6.45, 7) is 1.77. The number of nitrogens with two attached hydrogens (primary N) is 1. The quantitative estimate of drug-likeness (QED) is 0.790. The minimum Gasteiger partial charge on any atom is -0.322 e. The van der Waals surface area contributed by atoms with Crippen molar-refractivity contribution >= 4 is 21.6 Å². The first-order valence-electron chi connectivity index (χ1n) is 6.49. The molecule has 1 atom stereocenters. The van der Waals surface area contributed by atoms with Crippen molar-refractivity contribution in [1.82, 2.24) is 4.98 Å². The molecule has 0 bridgehead atoms. The molecule has 102 valence electrons. The summed E-state index contributed by atoms with van der Waals surface area (Å²) in [6, 6.07) is 13.0. The Morgan fingerprint density at radius 2 is 2.05 bits per heavy atom. The summed E-state index contributed by atoms with van der Waals surface area (Å²) in [6.07, 6.45) is 0.668. The first kappa shape index (κ1) is 13.2. The molecular formula is C16H15FN2S. The van der Waals surface area contributed by atoms with Crippen LogP contribution in [-0.4, -0.2) is 4.98 Å². The summed E-state index contributed by atoms with van der Waals surface area (Å²) >= 11 is 1.62. The largest absolute Gasteiger partial charge is 0.322 e. The maximum atomic E-state index is 13.3. The van der Waals surface area contributed by atoms with Gasteiger partial charge in [-0.15, -0.1) is 11.3 Å². The van der Waals surface area contributed by atoms with Crippen molar-refractivity contribution in [3.8, 4) is 0 Å². The number of hydrogen-bond donors (Lipinski definition) is 1. The zero-order chi connectivity index (χ0) is 14.1. The van der Waals surface area contributed by atoms with Gasteiger partial charge in [0, 0.05) is 0 Å². The summed E-state index contributed by atoms with van der Waals surface area (Å²) in [5, 5.41) is 0.924. The Balaban J connectivity index is 1.84. The van der Waals surface area contributed by atoms with Gasteiger partial charge in [0.2, 0.25) is 0 Å². The first-order chi connectivity index (χ1) is 9.63. The van der Waals surface area contributed by atoms with E-state index in [-0.39, 0.29) is 11.9 Å². The lowest BCUT2D eigenvalue weighted by Crippen LogP contribution is -2.13. The zero-order valence-electron chi connectivity index (χ0n) is 11.1. The van der Waals surface area contributed by atoms with E-state index < -0.39 is 0 Å². The number of aromatic nitrogens is 1. The summed E-state index contributed by atoms with van der Waals surface area (Å²) in [5.41, 5.74) is 8.91. The van der Waals surface area contributed by atoms with Crippen LogP contribution in [0.1, 0.15) is 22.2 Å². The van der Waals surface area contributed by atoms with E-state index in [0.717, 1.165) is 20.8 Å². The molecule has 4 heteroatoms. The second kappa shape index (κ2) is 5.31. The number of rotatable bonds is 3. The average molecular weight is 286 g/mol. The number of nitrogens with zero attached hydrogens (tertiary/aromatic N) is 1. The molecule has 20 heavy (non-hydrogen) atoms. The SMILES string of the molecule is Cc1cc(CC(N)c2nc3ccccc3s2)ccc1F. The minimum absolute atomic E-state index is 0.155. The van der Waals surface area contributed by atoms with Crippen molar-refractivity contribution in [2.45, 2.75) is 19.4 Å². The lowest BCUT2D eigenvalue weighted by Gasteiger charge is -2.09. The number of hydrogen-bond acceptors (Lipinski definition) is 3. The fourth-order valence-electron chi connectivity index (χ4n) is 2.22. The van der Waals surface area contributed by atoms with E-state index in [1.807, 2.05) is 30.3 Å². The first-order valence-corrected chi connectivity index (χ1v) is 7.31. The monoisotopic (exact) mass is 286 g/mol. The molecule has 3 rings (SSSR count). The summed E-state index contributed by atoms with van der Waals surface area (Å²) in [7, 11) is 0. The topological polar surface area (TPSA) is 38.9 Å². The molecule has 1 aromatic heterocycles. The highest BCUT2D eigenvalue weighted by Crippen LogP contribution is 2.27. The summed E-state index contributed by atoms with van der Waals surface area (Å²) in [5.74, 6) is -0.178. The van der Waals surface area contributed by atoms with Crippen LogP contribution in [0.15, 0.2) is 42.5 Å².